The fourth-order valence-electron chi connectivity index (χ4n) is 4.58. The van der Waals surface area contributed by atoms with Crippen molar-refractivity contribution in [2.75, 3.05) is 23.3 Å². The molecule has 1 N–H and O–H groups in total. The monoisotopic (exact) mass is 388 g/mol. The number of fused-ring (bicyclic) bond motifs is 1. The van der Waals surface area contributed by atoms with Gasteiger partial charge < -0.3 is 10.2 Å². The number of aromatic nitrogens is 5. The van der Waals surface area contributed by atoms with Gasteiger partial charge in [0, 0.05) is 18.5 Å². The highest BCUT2D eigenvalue weighted by atomic mass is 16.2. The highest BCUT2D eigenvalue weighted by Gasteiger charge is 2.51. The molecule has 1 aliphatic carbocycles. The Labute approximate surface area is 167 Å². The summed E-state index contributed by atoms with van der Waals surface area (Å²) in [6.45, 7) is 4.37. The maximum absolute atomic E-state index is 12.4. The molecule has 1 saturated carbocycles. The third-order valence-corrected chi connectivity index (χ3v) is 5.73. The molecular formula is C20H20N8O. The van der Waals surface area contributed by atoms with Crippen molar-refractivity contribution in [1.29, 1.82) is 5.26 Å². The first-order valence-corrected chi connectivity index (χ1v) is 9.63. The van der Waals surface area contributed by atoms with Crippen LogP contribution in [0.4, 0.5) is 11.5 Å². The van der Waals surface area contributed by atoms with E-state index in [1.165, 1.54) is 19.0 Å². The number of nitriles is 1. The fraction of sp³-hybridized carbons (Fsp3) is 0.400. The first kappa shape index (κ1) is 17.6. The van der Waals surface area contributed by atoms with Crippen LogP contribution in [0.15, 0.2) is 30.7 Å². The van der Waals surface area contributed by atoms with Gasteiger partial charge in [-0.2, -0.15) is 10.4 Å². The molecule has 3 aromatic rings. The zero-order chi connectivity index (χ0) is 20.0. The summed E-state index contributed by atoms with van der Waals surface area (Å²) in [5.74, 6) is 1.41. The van der Waals surface area contributed by atoms with Gasteiger partial charge in [-0.25, -0.2) is 19.6 Å². The molecule has 146 valence electrons. The van der Waals surface area contributed by atoms with Crippen molar-refractivity contribution in [1.82, 2.24) is 24.7 Å². The summed E-state index contributed by atoms with van der Waals surface area (Å²) < 4.78 is 1.55. The van der Waals surface area contributed by atoms with Gasteiger partial charge in [0.05, 0.1) is 24.3 Å². The number of amides is 1. The summed E-state index contributed by atoms with van der Waals surface area (Å²) in [5.41, 5.74) is 2.56. The second-order valence-electron chi connectivity index (χ2n) is 8.20. The van der Waals surface area contributed by atoms with Gasteiger partial charge in [-0.1, -0.05) is 6.92 Å². The molecule has 2 fully saturated rings. The maximum atomic E-state index is 12.4. The van der Waals surface area contributed by atoms with Gasteiger partial charge in [0.2, 0.25) is 5.91 Å². The van der Waals surface area contributed by atoms with Crippen LogP contribution < -0.4 is 10.2 Å². The van der Waals surface area contributed by atoms with Crippen LogP contribution in [0.2, 0.25) is 0 Å². The van der Waals surface area contributed by atoms with Gasteiger partial charge in [0.25, 0.3) is 0 Å². The van der Waals surface area contributed by atoms with Crippen molar-refractivity contribution >= 4 is 28.6 Å². The lowest BCUT2D eigenvalue weighted by Crippen LogP contribution is -2.62. The minimum Gasteiger partial charge on any atom is -0.354 e. The van der Waals surface area contributed by atoms with Crippen LogP contribution >= 0.6 is 0 Å². The first-order valence-electron chi connectivity index (χ1n) is 9.63. The molecule has 9 heteroatoms. The van der Waals surface area contributed by atoms with Crippen molar-refractivity contribution in [3.8, 4) is 6.07 Å². The highest BCUT2D eigenvalue weighted by Crippen LogP contribution is 2.52. The Morgan fingerprint density at radius 2 is 2.10 bits per heavy atom. The van der Waals surface area contributed by atoms with Crippen molar-refractivity contribution in [3.05, 3.63) is 36.4 Å². The Morgan fingerprint density at radius 3 is 2.79 bits per heavy atom. The molecule has 5 rings (SSSR count). The number of anilines is 2. The quantitative estimate of drug-likeness (QED) is 0.727. The Balaban J connectivity index is 1.28. The Bertz CT molecular complexity index is 1120. The van der Waals surface area contributed by atoms with E-state index in [9.17, 15) is 4.79 Å². The number of nitrogens with one attached hydrogen (secondary N) is 1. The Morgan fingerprint density at radius 1 is 1.28 bits per heavy atom. The van der Waals surface area contributed by atoms with Gasteiger partial charge in [-0.3, -0.25) is 4.79 Å². The van der Waals surface area contributed by atoms with E-state index in [0.717, 1.165) is 24.8 Å². The molecule has 29 heavy (non-hydrogen) atoms. The van der Waals surface area contributed by atoms with Crippen LogP contribution in [-0.2, 0) is 11.3 Å². The third-order valence-electron chi connectivity index (χ3n) is 5.73. The van der Waals surface area contributed by atoms with Gasteiger partial charge in [0.15, 0.2) is 5.65 Å². The molecule has 0 atom stereocenters. The number of pyridine rings is 1. The van der Waals surface area contributed by atoms with Crippen LogP contribution in [0.3, 0.4) is 0 Å². The van der Waals surface area contributed by atoms with Gasteiger partial charge in [0.1, 0.15) is 29.6 Å². The SMILES string of the molecule is CC1CC2(C1)CN(c1cnc3cnn(CC(=O)Nc4ccc(C#N)nc4)c3n1)C2. The van der Waals surface area contributed by atoms with E-state index in [-0.39, 0.29) is 12.5 Å². The number of hydrogen-bond donors (Lipinski definition) is 1. The van der Waals surface area contributed by atoms with Crippen LogP contribution in [0, 0.1) is 22.7 Å². The predicted octanol–water partition coefficient (Wildman–Crippen LogP) is 1.97. The Kier molecular flexibility index (Phi) is 3.94. The van der Waals surface area contributed by atoms with E-state index in [1.807, 2.05) is 6.07 Å². The number of carbonyl (C=O) groups excluding carboxylic acids is 1. The molecule has 1 saturated heterocycles. The molecule has 1 amide bonds. The molecule has 1 aliphatic heterocycles. The molecule has 0 aromatic carbocycles. The zero-order valence-corrected chi connectivity index (χ0v) is 16.0. The summed E-state index contributed by atoms with van der Waals surface area (Å²) in [6, 6.07) is 5.14. The molecule has 4 heterocycles. The van der Waals surface area contributed by atoms with E-state index in [4.69, 9.17) is 10.2 Å². The molecule has 1 spiro atoms. The predicted molar refractivity (Wildman–Crippen MR) is 106 cm³/mol. The number of nitrogens with zero attached hydrogens (tertiary/aromatic N) is 7. The molecule has 9 nitrogen and oxygen atoms in total. The minimum atomic E-state index is -0.250. The average Bonchev–Trinajstić information content (AvgIpc) is 3.06. The maximum Gasteiger partial charge on any atom is 0.246 e. The smallest absolute Gasteiger partial charge is 0.246 e. The molecule has 0 unspecified atom stereocenters. The van der Waals surface area contributed by atoms with Crippen molar-refractivity contribution in [3.63, 3.8) is 0 Å². The second kappa shape index (κ2) is 6.51. The standard InChI is InChI=1S/C20H20N8O/c1-13-4-20(5-13)11-27(12-20)17-9-23-16-8-24-28(19(16)26-17)10-18(29)25-15-3-2-14(6-21)22-7-15/h2-3,7-9,13H,4-5,10-12H2,1H3,(H,25,29). The zero-order valence-electron chi connectivity index (χ0n) is 16.0. The highest BCUT2D eigenvalue weighted by molar-refractivity contribution is 5.91. The molecule has 3 aromatic heterocycles. The number of carbonyl (C=O) groups is 1. The normalized spacial score (nSPS) is 17.6. The fourth-order valence-corrected chi connectivity index (χ4v) is 4.58. The van der Waals surface area contributed by atoms with Gasteiger partial charge in [-0.15, -0.1) is 0 Å². The summed E-state index contributed by atoms with van der Waals surface area (Å²) in [6.07, 6.45) is 7.44. The topological polar surface area (TPSA) is 113 Å². The third kappa shape index (κ3) is 3.16. The van der Waals surface area contributed by atoms with Crippen molar-refractivity contribution in [2.24, 2.45) is 11.3 Å². The lowest BCUT2D eigenvalue weighted by Gasteiger charge is -2.59. The van der Waals surface area contributed by atoms with Gasteiger partial charge >= 0.3 is 0 Å². The number of rotatable bonds is 4. The minimum absolute atomic E-state index is 0.0170. The molecular weight excluding hydrogens is 368 g/mol. The first-order chi connectivity index (χ1) is 14.0. The lowest BCUT2D eigenvalue weighted by atomic mass is 9.58. The van der Waals surface area contributed by atoms with Crippen LogP contribution in [0.1, 0.15) is 25.5 Å². The lowest BCUT2D eigenvalue weighted by molar-refractivity contribution is -0.116. The van der Waals surface area contributed by atoms with E-state index in [2.05, 4.69) is 32.2 Å². The number of hydrogen-bond acceptors (Lipinski definition) is 7. The molecule has 0 radical (unpaired) electrons. The van der Waals surface area contributed by atoms with E-state index < -0.39 is 0 Å². The molecule has 2 aliphatic rings. The second-order valence-corrected chi connectivity index (χ2v) is 8.20. The summed E-state index contributed by atoms with van der Waals surface area (Å²) in [5, 5.41) is 15.8. The largest absolute Gasteiger partial charge is 0.354 e. The van der Waals surface area contributed by atoms with E-state index >= 15 is 0 Å². The van der Waals surface area contributed by atoms with Gasteiger partial charge in [-0.05, 0) is 30.9 Å². The van der Waals surface area contributed by atoms with E-state index in [1.54, 1.807) is 29.2 Å². The summed E-state index contributed by atoms with van der Waals surface area (Å²) in [4.78, 5) is 27.8. The van der Waals surface area contributed by atoms with Crippen LogP contribution in [-0.4, -0.2) is 43.7 Å². The molecule has 0 bridgehead atoms. The Hall–Kier alpha value is -3.54. The average molecular weight is 388 g/mol. The van der Waals surface area contributed by atoms with Crippen molar-refractivity contribution < 1.29 is 4.79 Å². The van der Waals surface area contributed by atoms with Crippen molar-refractivity contribution in [2.45, 2.75) is 26.3 Å². The van der Waals surface area contributed by atoms with E-state index in [0.29, 0.717) is 28.0 Å². The van der Waals surface area contributed by atoms with Crippen LogP contribution in [0.25, 0.3) is 11.2 Å². The summed E-state index contributed by atoms with van der Waals surface area (Å²) in [7, 11) is 0. The summed E-state index contributed by atoms with van der Waals surface area (Å²) >= 11 is 0. The van der Waals surface area contributed by atoms with Crippen LogP contribution in [0.5, 0.6) is 0 Å².